The SMILES string of the molecule is Nc1ccc(Nc2ccc(Cl)cc2F)cc1C(F)(F)F. The monoisotopic (exact) mass is 304 g/mol. The fourth-order valence-electron chi connectivity index (χ4n) is 1.63. The summed E-state index contributed by atoms with van der Waals surface area (Å²) in [5.74, 6) is -0.664. The van der Waals surface area contributed by atoms with Crippen molar-refractivity contribution in [2.24, 2.45) is 0 Å². The molecule has 0 bridgehead atoms. The van der Waals surface area contributed by atoms with Crippen LogP contribution in [-0.4, -0.2) is 0 Å². The number of benzene rings is 2. The number of rotatable bonds is 2. The van der Waals surface area contributed by atoms with Crippen molar-refractivity contribution in [2.45, 2.75) is 6.18 Å². The van der Waals surface area contributed by atoms with E-state index in [1.165, 1.54) is 18.2 Å². The molecule has 0 spiro atoms. The Morgan fingerprint density at radius 3 is 2.35 bits per heavy atom. The maximum atomic E-state index is 13.6. The van der Waals surface area contributed by atoms with E-state index in [1.54, 1.807) is 0 Å². The zero-order chi connectivity index (χ0) is 14.9. The number of alkyl halides is 3. The first-order chi connectivity index (χ1) is 9.27. The maximum Gasteiger partial charge on any atom is 0.418 e. The summed E-state index contributed by atoms with van der Waals surface area (Å²) in [6.45, 7) is 0. The summed E-state index contributed by atoms with van der Waals surface area (Å²) >= 11 is 5.59. The summed E-state index contributed by atoms with van der Waals surface area (Å²) in [6.07, 6.45) is -4.57. The smallest absolute Gasteiger partial charge is 0.398 e. The molecule has 7 heteroatoms. The molecule has 0 fully saturated rings. The Morgan fingerprint density at radius 1 is 1.05 bits per heavy atom. The molecule has 0 aromatic heterocycles. The normalized spacial score (nSPS) is 11.4. The van der Waals surface area contributed by atoms with Gasteiger partial charge in [-0.15, -0.1) is 0 Å². The van der Waals surface area contributed by atoms with E-state index in [4.69, 9.17) is 17.3 Å². The van der Waals surface area contributed by atoms with Crippen molar-refractivity contribution in [1.29, 1.82) is 0 Å². The molecule has 3 N–H and O–H groups in total. The number of nitrogens with one attached hydrogen (secondary N) is 1. The van der Waals surface area contributed by atoms with Crippen LogP contribution in [0.4, 0.5) is 34.6 Å². The molecule has 0 saturated carbocycles. The first-order valence-electron chi connectivity index (χ1n) is 5.46. The molecule has 2 aromatic carbocycles. The highest BCUT2D eigenvalue weighted by molar-refractivity contribution is 6.30. The molecule has 2 nitrogen and oxygen atoms in total. The van der Waals surface area contributed by atoms with E-state index in [1.807, 2.05) is 0 Å². The van der Waals surface area contributed by atoms with E-state index in [0.717, 1.165) is 18.2 Å². The first kappa shape index (κ1) is 14.5. The Morgan fingerprint density at radius 2 is 1.75 bits per heavy atom. The van der Waals surface area contributed by atoms with E-state index in [-0.39, 0.29) is 22.1 Å². The lowest BCUT2D eigenvalue weighted by Gasteiger charge is -2.13. The molecule has 0 radical (unpaired) electrons. The van der Waals surface area contributed by atoms with Crippen LogP contribution in [0.5, 0.6) is 0 Å². The summed E-state index contributed by atoms with van der Waals surface area (Å²) in [6, 6.07) is 7.09. The topological polar surface area (TPSA) is 38.0 Å². The zero-order valence-corrected chi connectivity index (χ0v) is 10.7. The second-order valence-corrected chi connectivity index (χ2v) is 4.49. The summed E-state index contributed by atoms with van der Waals surface area (Å²) in [5.41, 5.74) is 4.01. The van der Waals surface area contributed by atoms with E-state index in [0.29, 0.717) is 0 Å². The first-order valence-corrected chi connectivity index (χ1v) is 5.84. The van der Waals surface area contributed by atoms with Crippen molar-refractivity contribution in [3.63, 3.8) is 0 Å². The summed E-state index contributed by atoms with van der Waals surface area (Å²) in [4.78, 5) is 0. The summed E-state index contributed by atoms with van der Waals surface area (Å²) in [7, 11) is 0. The molecule has 0 unspecified atom stereocenters. The minimum absolute atomic E-state index is 0.0206. The highest BCUT2D eigenvalue weighted by Gasteiger charge is 2.33. The van der Waals surface area contributed by atoms with Gasteiger partial charge in [0.25, 0.3) is 0 Å². The molecule has 2 rings (SSSR count). The third-order valence-corrected chi connectivity index (χ3v) is 2.80. The van der Waals surface area contributed by atoms with E-state index in [9.17, 15) is 17.6 Å². The Hall–Kier alpha value is -1.95. The largest absolute Gasteiger partial charge is 0.418 e. The van der Waals surface area contributed by atoms with Crippen LogP contribution >= 0.6 is 11.6 Å². The van der Waals surface area contributed by atoms with Crippen molar-refractivity contribution in [1.82, 2.24) is 0 Å². The fourth-order valence-corrected chi connectivity index (χ4v) is 1.78. The number of nitrogens with two attached hydrogens (primary N) is 1. The van der Waals surface area contributed by atoms with Gasteiger partial charge < -0.3 is 11.1 Å². The molecule has 0 aliphatic carbocycles. The lowest BCUT2D eigenvalue weighted by Crippen LogP contribution is -2.09. The second-order valence-electron chi connectivity index (χ2n) is 4.05. The van der Waals surface area contributed by atoms with E-state index >= 15 is 0 Å². The molecule has 0 amide bonds. The molecule has 0 saturated heterocycles. The fraction of sp³-hybridized carbons (Fsp3) is 0.0769. The molecule has 0 heterocycles. The van der Waals surface area contributed by atoms with Crippen LogP contribution in [0.15, 0.2) is 36.4 Å². The molecule has 0 aliphatic rings. The van der Waals surface area contributed by atoms with Crippen LogP contribution in [0, 0.1) is 5.82 Å². The molecule has 20 heavy (non-hydrogen) atoms. The molecular formula is C13H9ClF4N2. The number of hydrogen-bond acceptors (Lipinski definition) is 2. The number of anilines is 3. The van der Waals surface area contributed by atoms with Crippen molar-refractivity contribution in [3.05, 3.63) is 52.8 Å². The lowest BCUT2D eigenvalue weighted by atomic mass is 10.1. The molecule has 0 aliphatic heterocycles. The third-order valence-electron chi connectivity index (χ3n) is 2.57. The predicted molar refractivity (Wildman–Crippen MR) is 70.5 cm³/mol. The average Bonchev–Trinajstić information content (AvgIpc) is 2.33. The molecule has 106 valence electrons. The number of nitrogen functional groups attached to an aromatic ring is 1. The van der Waals surface area contributed by atoms with Crippen LogP contribution in [0.1, 0.15) is 5.56 Å². The minimum atomic E-state index is -4.57. The van der Waals surface area contributed by atoms with Crippen molar-refractivity contribution in [3.8, 4) is 0 Å². The van der Waals surface area contributed by atoms with Crippen molar-refractivity contribution < 1.29 is 17.6 Å². The summed E-state index contributed by atoms with van der Waals surface area (Å²) < 4.78 is 51.7. The van der Waals surface area contributed by atoms with Gasteiger partial charge in [0.05, 0.1) is 11.3 Å². The maximum absolute atomic E-state index is 13.6. The van der Waals surface area contributed by atoms with Gasteiger partial charge in [0, 0.05) is 16.4 Å². The van der Waals surface area contributed by atoms with Gasteiger partial charge in [-0.3, -0.25) is 0 Å². The van der Waals surface area contributed by atoms with Gasteiger partial charge >= 0.3 is 6.18 Å². The van der Waals surface area contributed by atoms with Gasteiger partial charge in [0.2, 0.25) is 0 Å². The molecule has 2 aromatic rings. The van der Waals surface area contributed by atoms with Gasteiger partial charge in [-0.2, -0.15) is 13.2 Å². The minimum Gasteiger partial charge on any atom is -0.398 e. The van der Waals surface area contributed by atoms with Crippen molar-refractivity contribution >= 4 is 28.7 Å². The lowest BCUT2D eigenvalue weighted by molar-refractivity contribution is -0.136. The predicted octanol–water partition coefficient (Wildman–Crippen LogP) is 4.82. The van der Waals surface area contributed by atoms with Gasteiger partial charge in [-0.1, -0.05) is 11.6 Å². The number of hydrogen-bond donors (Lipinski definition) is 2. The van der Waals surface area contributed by atoms with Gasteiger partial charge in [-0.25, -0.2) is 4.39 Å². The standard InChI is InChI=1S/C13H9ClF4N2/c14-7-1-4-12(10(15)5-7)20-8-2-3-11(19)9(6-8)13(16,17)18/h1-6,20H,19H2. The Labute approximate surface area is 117 Å². The Bertz CT molecular complexity index is 641. The van der Waals surface area contributed by atoms with Gasteiger partial charge in [0.1, 0.15) is 5.82 Å². The van der Waals surface area contributed by atoms with Crippen LogP contribution in [0.3, 0.4) is 0 Å². The van der Waals surface area contributed by atoms with Crippen molar-refractivity contribution in [2.75, 3.05) is 11.1 Å². The Kier molecular flexibility index (Phi) is 3.76. The highest BCUT2D eigenvalue weighted by Crippen LogP contribution is 2.36. The second kappa shape index (κ2) is 5.20. The van der Waals surface area contributed by atoms with Gasteiger partial charge in [0.15, 0.2) is 0 Å². The van der Waals surface area contributed by atoms with Crippen LogP contribution in [0.25, 0.3) is 0 Å². The zero-order valence-electron chi connectivity index (χ0n) is 9.93. The van der Waals surface area contributed by atoms with E-state index in [2.05, 4.69) is 5.32 Å². The van der Waals surface area contributed by atoms with Gasteiger partial charge in [-0.05, 0) is 36.4 Å². The quantitative estimate of drug-likeness (QED) is 0.616. The Balaban J connectivity index is 2.35. The van der Waals surface area contributed by atoms with Crippen LogP contribution in [-0.2, 0) is 6.18 Å². The summed E-state index contributed by atoms with van der Waals surface area (Å²) in [5, 5.41) is 2.75. The van der Waals surface area contributed by atoms with Crippen LogP contribution < -0.4 is 11.1 Å². The third kappa shape index (κ3) is 3.14. The number of halogens is 5. The van der Waals surface area contributed by atoms with E-state index < -0.39 is 17.6 Å². The van der Waals surface area contributed by atoms with Crippen LogP contribution in [0.2, 0.25) is 5.02 Å². The molecule has 0 atom stereocenters. The molecular weight excluding hydrogens is 296 g/mol. The highest BCUT2D eigenvalue weighted by atomic mass is 35.5. The average molecular weight is 305 g/mol.